The normalized spacial score (nSPS) is 11.3. The molecule has 1 N–H and O–H groups in total. The maximum absolute atomic E-state index is 12.2. The Morgan fingerprint density at radius 3 is 2.79 bits per heavy atom. The Kier molecular flexibility index (Phi) is 4.76. The molecule has 0 bridgehead atoms. The SMILES string of the molecule is C/C(=N/NC(=O)c1ccccc1Br)c1cccc(-n2cnnn2)c1. The molecule has 0 aliphatic heterocycles. The van der Waals surface area contributed by atoms with Gasteiger partial charge in [-0.2, -0.15) is 5.10 Å². The van der Waals surface area contributed by atoms with Gasteiger partial charge < -0.3 is 0 Å². The fourth-order valence-electron chi connectivity index (χ4n) is 2.06. The van der Waals surface area contributed by atoms with Crippen LogP contribution in [0.1, 0.15) is 22.8 Å². The quantitative estimate of drug-likeness (QED) is 0.553. The molecule has 2 aromatic carbocycles. The number of hydrogen-bond acceptors (Lipinski definition) is 5. The third-order valence-electron chi connectivity index (χ3n) is 3.32. The van der Waals surface area contributed by atoms with Gasteiger partial charge in [-0.3, -0.25) is 4.79 Å². The number of aromatic nitrogens is 4. The van der Waals surface area contributed by atoms with Crippen LogP contribution in [-0.4, -0.2) is 31.8 Å². The first-order valence-electron chi connectivity index (χ1n) is 7.08. The number of nitrogens with zero attached hydrogens (tertiary/aromatic N) is 5. The van der Waals surface area contributed by atoms with Crippen LogP contribution in [0.5, 0.6) is 0 Å². The average Bonchev–Trinajstić information content (AvgIpc) is 3.14. The molecule has 0 aliphatic rings. The summed E-state index contributed by atoms with van der Waals surface area (Å²) in [4.78, 5) is 12.2. The van der Waals surface area contributed by atoms with Crippen LogP contribution in [0.2, 0.25) is 0 Å². The molecule has 1 aromatic heterocycles. The maximum Gasteiger partial charge on any atom is 0.272 e. The highest BCUT2D eigenvalue weighted by Gasteiger charge is 2.08. The summed E-state index contributed by atoms with van der Waals surface area (Å²) in [5, 5.41) is 15.3. The van der Waals surface area contributed by atoms with Crippen LogP contribution in [0.3, 0.4) is 0 Å². The van der Waals surface area contributed by atoms with E-state index in [0.29, 0.717) is 11.3 Å². The van der Waals surface area contributed by atoms with Crippen molar-refractivity contribution in [1.82, 2.24) is 25.6 Å². The summed E-state index contributed by atoms with van der Waals surface area (Å²) in [6, 6.07) is 14.7. The molecule has 24 heavy (non-hydrogen) atoms. The van der Waals surface area contributed by atoms with Crippen molar-refractivity contribution in [1.29, 1.82) is 0 Å². The molecule has 0 unspecified atom stereocenters. The topological polar surface area (TPSA) is 85.1 Å². The highest BCUT2D eigenvalue weighted by atomic mass is 79.9. The van der Waals surface area contributed by atoms with Crippen molar-refractivity contribution >= 4 is 27.5 Å². The number of carbonyl (C=O) groups excluding carboxylic acids is 1. The van der Waals surface area contributed by atoms with Gasteiger partial charge in [-0.15, -0.1) is 5.10 Å². The number of tetrazole rings is 1. The summed E-state index contributed by atoms with van der Waals surface area (Å²) in [7, 11) is 0. The van der Waals surface area contributed by atoms with Crippen molar-refractivity contribution in [2.24, 2.45) is 5.10 Å². The van der Waals surface area contributed by atoms with Crippen LogP contribution in [-0.2, 0) is 0 Å². The van der Waals surface area contributed by atoms with Crippen LogP contribution in [0.4, 0.5) is 0 Å². The molecule has 3 rings (SSSR count). The second kappa shape index (κ2) is 7.14. The van der Waals surface area contributed by atoms with Gasteiger partial charge in [0.1, 0.15) is 6.33 Å². The van der Waals surface area contributed by atoms with Gasteiger partial charge in [0.25, 0.3) is 5.91 Å². The standard InChI is InChI=1S/C16H13BrN6O/c1-11(19-20-16(24)14-7-2-3-8-15(14)17)12-5-4-6-13(9-12)23-10-18-21-22-23/h2-10H,1H3,(H,20,24)/b19-11-. The van der Waals surface area contributed by atoms with Crippen LogP contribution in [0.25, 0.3) is 5.69 Å². The van der Waals surface area contributed by atoms with Crippen molar-refractivity contribution in [3.63, 3.8) is 0 Å². The Labute approximate surface area is 146 Å². The summed E-state index contributed by atoms with van der Waals surface area (Å²) in [6.45, 7) is 1.82. The zero-order chi connectivity index (χ0) is 16.9. The monoisotopic (exact) mass is 384 g/mol. The number of rotatable bonds is 4. The van der Waals surface area contributed by atoms with Crippen molar-refractivity contribution in [2.45, 2.75) is 6.92 Å². The minimum Gasteiger partial charge on any atom is -0.267 e. The summed E-state index contributed by atoms with van der Waals surface area (Å²) < 4.78 is 2.27. The Balaban J connectivity index is 1.78. The first kappa shape index (κ1) is 16.0. The Morgan fingerprint density at radius 1 is 1.21 bits per heavy atom. The van der Waals surface area contributed by atoms with E-state index in [2.05, 4.69) is 42.0 Å². The van der Waals surface area contributed by atoms with Gasteiger partial charge >= 0.3 is 0 Å². The predicted molar refractivity (Wildman–Crippen MR) is 93.0 cm³/mol. The molecule has 0 saturated heterocycles. The lowest BCUT2D eigenvalue weighted by Crippen LogP contribution is -2.19. The number of halogens is 1. The number of benzene rings is 2. The summed E-state index contributed by atoms with van der Waals surface area (Å²) >= 11 is 3.35. The van der Waals surface area contributed by atoms with E-state index >= 15 is 0 Å². The van der Waals surface area contributed by atoms with Crippen LogP contribution in [0, 0.1) is 0 Å². The number of hydrazone groups is 1. The lowest BCUT2D eigenvalue weighted by atomic mass is 10.1. The maximum atomic E-state index is 12.2. The fraction of sp³-hybridized carbons (Fsp3) is 0.0625. The first-order valence-corrected chi connectivity index (χ1v) is 7.87. The third kappa shape index (κ3) is 3.54. The number of amides is 1. The zero-order valence-corrected chi connectivity index (χ0v) is 14.3. The van der Waals surface area contributed by atoms with Gasteiger partial charge in [0.2, 0.25) is 0 Å². The van der Waals surface area contributed by atoms with Gasteiger partial charge in [-0.25, -0.2) is 10.1 Å². The summed E-state index contributed by atoms with van der Waals surface area (Å²) in [6.07, 6.45) is 1.51. The largest absolute Gasteiger partial charge is 0.272 e. The molecule has 8 heteroatoms. The van der Waals surface area contributed by atoms with Crippen molar-refractivity contribution < 1.29 is 4.79 Å². The van der Waals surface area contributed by atoms with E-state index in [-0.39, 0.29) is 5.91 Å². The summed E-state index contributed by atoms with van der Waals surface area (Å²) in [5.41, 5.74) is 5.43. The van der Waals surface area contributed by atoms with E-state index in [1.165, 1.54) is 6.33 Å². The third-order valence-corrected chi connectivity index (χ3v) is 4.01. The minimum atomic E-state index is -0.279. The molecule has 0 atom stereocenters. The molecule has 3 aromatic rings. The van der Waals surface area contributed by atoms with E-state index < -0.39 is 0 Å². The first-order chi connectivity index (χ1) is 11.6. The van der Waals surface area contributed by atoms with Gasteiger partial charge in [-0.05, 0) is 63.1 Å². The molecule has 0 spiro atoms. The number of nitrogens with one attached hydrogen (secondary N) is 1. The molecule has 0 fully saturated rings. The van der Waals surface area contributed by atoms with Crippen LogP contribution in [0.15, 0.2) is 64.4 Å². The predicted octanol–water partition coefficient (Wildman–Crippen LogP) is 2.58. The van der Waals surface area contributed by atoms with Crippen molar-refractivity contribution in [3.05, 3.63) is 70.5 Å². The Hall–Kier alpha value is -2.87. The van der Waals surface area contributed by atoms with Crippen LogP contribution < -0.4 is 5.43 Å². The van der Waals surface area contributed by atoms with Gasteiger partial charge in [0.05, 0.1) is 17.0 Å². The lowest BCUT2D eigenvalue weighted by Gasteiger charge is -2.06. The molecule has 1 heterocycles. The van der Waals surface area contributed by atoms with Crippen molar-refractivity contribution in [3.8, 4) is 5.69 Å². The Bertz CT molecular complexity index is 891. The Morgan fingerprint density at radius 2 is 2.04 bits per heavy atom. The molecular formula is C16H13BrN6O. The number of carbonyl (C=O) groups is 1. The smallest absolute Gasteiger partial charge is 0.267 e. The minimum absolute atomic E-state index is 0.279. The molecule has 7 nitrogen and oxygen atoms in total. The van der Waals surface area contributed by atoms with Crippen LogP contribution >= 0.6 is 15.9 Å². The highest BCUT2D eigenvalue weighted by molar-refractivity contribution is 9.10. The molecule has 0 saturated carbocycles. The number of hydrogen-bond donors (Lipinski definition) is 1. The van der Waals surface area contributed by atoms with E-state index in [9.17, 15) is 4.79 Å². The molecule has 0 aliphatic carbocycles. The average molecular weight is 385 g/mol. The zero-order valence-electron chi connectivity index (χ0n) is 12.7. The summed E-state index contributed by atoms with van der Waals surface area (Å²) in [5.74, 6) is -0.279. The van der Waals surface area contributed by atoms with Gasteiger partial charge in [0, 0.05) is 4.47 Å². The van der Waals surface area contributed by atoms with E-state index in [1.807, 2.05) is 37.3 Å². The fourth-order valence-corrected chi connectivity index (χ4v) is 2.52. The van der Waals surface area contributed by atoms with E-state index in [0.717, 1.165) is 15.7 Å². The highest BCUT2D eigenvalue weighted by Crippen LogP contribution is 2.15. The van der Waals surface area contributed by atoms with Gasteiger partial charge in [-0.1, -0.05) is 24.3 Å². The lowest BCUT2D eigenvalue weighted by molar-refractivity contribution is 0.0954. The molecule has 1 amide bonds. The second-order valence-electron chi connectivity index (χ2n) is 4.92. The van der Waals surface area contributed by atoms with E-state index in [1.54, 1.807) is 22.9 Å². The molecule has 0 radical (unpaired) electrons. The second-order valence-corrected chi connectivity index (χ2v) is 5.78. The molecule has 120 valence electrons. The molecular weight excluding hydrogens is 372 g/mol. The van der Waals surface area contributed by atoms with Gasteiger partial charge in [0.15, 0.2) is 0 Å². The van der Waals surface area contributed by atoms with E-state index in [4.69, 9.17) is 0 Å². The van der Waals surface area contributed by atoms with Crippen molar-refractivity contribution in [2.75, 3.05) is 0 Å².